The van der Waals surface area contributed by atoms with Crippen molar-refractivity contribution in [2.24, 2.45) is 0 Å². The fourth-order valence-corrected chi connectivity index (χ4v) is 5.56. The van der Waals surface area contributed by atoms with Crippen LogP contribution >= 0.6 is 35.2 Å². The summed E-state index contributed by atoms with van der Waals surface area (Å²) in [6, 6.07) is 14.3. The lowest BCUT2D eigenvalue weighted by Crippen LogP contribution is -2.21. The lowest BCUT2D eigenvalue weighted by molar-refractivity contribution is 0.0603. The maximum atomic E-state index is 14.3. The first kappa shape index (κ1) is 25.8. The van der Waals surface area contributed by atoms with Crippen LogP contribution in [-0.4, -0.2) is 28.0 Å². The van der Waals surface area contributed by atoms with Gasteiger partial charge in [-0.2, -0.15) is 5.10 Å². The third-order valence-corrected chi connectivity index (χ3v) is 7.33. The minimum atomic E-state index is -0.453. The zero-order valence-electron chi connectivity index (χ0n) is 20.1. The Hall–Kier alpha value is -3.27. The number of hydrogen-bond acceptors (Lipinski definition) is 5. The van der Waals surface area contributed by atoms with Crippen molar-refractivity contribution >= 4 is 56.9 Å². The topological polar surface area (TPSA) is 68.2 Å². The molecule has 0 bridgehead atoms. The summed E-state index contributed by atoms with van der Waals surface area (Å²) in [6.07, 6.45) is 0. The molecule has 0 fully saturated rings. The van der Waals surface area contributed by atoms with Gasteiger partial charge in [0.1, 0.15) is 16.4 Å². The fourth-order valence-electron chi connectivity index (χ4n) is 3.99. The molecule has 4 aromatic rings. The van der Waals surface area contributed by atoms with Crippen molar-refractivity contribution in [3.63, 3.8) is 0 Å². The summed E-state index contributed by atoms with van der Waals surface area (Å²) in [5, 5.41) is 12.1. The van der Waals surface area contributed by atoms with Crippen LogP contribution in [0.25, 0.3) is 11.1 Å². The number of aryl methyl sites for hydroxylation is 2. The summed E-state index contributed by atoms with van der Waals surface area (Å²) in [6.45, 7) is 5.83. The van der Waals surface area contributed by atoms with E-state index in [-0.39, 0.29) is 17.5 Å². The van der Waals surface area contributed by atoms with E-state index >= 15 is 0 Å². The zero-order chi connectivity index (χ0) is 26.0. The molecule has 186 valence electrons. The maximum absolute atomic E-state index is 14.3. The minimum Gasteiger partial charge on any atom is -0.465 e. The zero-order valence-corrected chi connectivity index (χ0v) is 22.5. The van der Waals surface area contributed by atoms with Gasteiger partial charge in [0.2, 0.25) is 0 Å². The summed E-state index contributed by atoms with van der Waals surface area (Å²) in [4.78, 5) is 13.7. The smallest absolute Gasteiger partial charge is 0.341 e. The van der Waals surface area contributed by atoms with E-state index in [0.717, 1.165) is 21.7 Å². The predicted octanol–water partition coefficient (Wildman–Crippen LogP) is 6.97. The van der Waals surface area contributed by atoms with Crippen LogP contribution in [-0.2, 0) is 11.3 Å². The molecule has 4 rings (SSSR count). The molecule has 0 radical (unpaired) electrons. The molecule has 0 unspecified atom stereocenters. The van der Waals surface area contributed by atoms with Crippen LogP contribution in [0.5, 0.6) is 0 Å². The number of anilines is 2. The van der Waals surface area contributed by atoms with Crippen LogP contribution in [0, 0.1) is 26.6 Å². The number of thiophene rings is 1. The summed E-state index contributed by atoms with van der Waals surface area (Å²) < 4.78 is 21.1. The second kappa shape index (κ2) is 10.8. The molecule has 0 aliphatic heterocycles. The third-order valence-electron chi connectivity index (χ3n) is 5.75. The molecule has 0 atom stereocenters. The summed E-state index contributed by atoms with van der Waals surface area (Å²) in [7, 11) is 1.35. The molecule has 2 aromatic heterocycles. The van der Waals surface area contributed by atoms with Crippen LogP contribution in [0.4, 0.5) is 15.1 Å². The van der Waals surface area contributed by atoms with Crippen LogP contribution in [0.15, 0.2) is 48.5 Å². The molecule has 0 aliphatic rings. The summed E-state index contributed by atoms with van der Waals surface area (Å²) >= 11 is 13.2. The Bertz CT molecular complexity index is 1430. The lowest BCUT2D eigenvalue weighted by Gasteiger charge is -2.12. The number of aromatic nitrogens is 2. The van der Waals surface area contributed by atoms with E-state index in [4.69, 9.17) is 28.6 Å². The van der Waals surface area contributed by atoms with Crippen LogP contribution < -0.4 is 10.6 Å². The molecule has 10 heteroatoms. The van der Waals surface area contributed by atoms with Gasteiger partial charge in [-0.3, -0.25) is 4.68 Å². The van der Waals surface area contributed by atoms with Gasteiger partial charge in [0.25, 0.3) is 0 Å². The predicted molar refractivity (Wildman–Crippen MR) is 148 cm³/mol. The molecule has 0 spiro atoms. The van der Waals surface area contributed by atoms with Gasteiger partial charge in [-0.05, 0) is 50.7 Å². The highest BCUT2D eigenvalue weighted by atomic mass is 35.5. The first-order valence-electron chi connectivity index (χ1n) is 11.0. The molecule has 2 aromatic carbocycles. The highest BCUT2D eigenvalue weighted by molar-refractivity contribution is 7.80. The Morgan fingerprint density at radius 3 is 2.53 bits per heavy atom. The molecule has 0 saturated carbocycles. The highest BCUT2D eigenvalue weighted by Gasteiger charge is 2.25. The third kappa shape index (κ3) is 5.13. The molecular weight excluding hydrogens is 519 g/mol. The number of carbonyl (C=O) groups excluding carboxylic acids is 1. The van der Waals surface area contributed by atoms with Gasteiger partial charge in [0.15, 0.2) is 5.11 Å². The van der Waals surface area contributed by atoms with Gasteiger partial charge < -0.3 is 15.4 Å². The first-order chi connectivity index (χ1) is 17.2. The van der Waals surface area contributed by atoms with Crippen LogP contribution in [0.1, 0.15) is 32.2 Å². The number of esters is 1. The molecule has 2 heterocycles. The Labute approximate surface area is 223 Å². The number of nitrogens with zero attached hydrogens (tertiary/aromatic N) is 2. The van der Waals surface area contributed by atoms with E-state index in [2.05, 4.69) is 15.7 Å². The van der Waals surface area contributed by atoms with Crippen molar-refractivity contribution in [3.05, 3.63) is 86.8 Å². The Kier molecular flexibility index (Phi) is 7.73. The van der Waals surface area contributed by atoms with E-state index < -0.39 is 5.97 Å². The standard InChI is InChI=1S/C26H24ClFN4O2S2/c1-14-23(15(2)32(31-14)13-18-19(27)11-8-12-20(18)28)29-26(35)30-24-22(25(33)34-4)21(16(3)36-24)17-9-6-5-7-10-17/h5-12H,13H2,1-4H3,(H2,29,30,35). The number of benzene rings is 2. The molecular formula is C26H24ClFN4O2S2. The van der Waals surface area contributed by atoms with Gasteiger partial charge >= 0.3 is 5.97 Å². The number of ether oxygens (including phenoxy) is 1. The summed E-state index contributed by atoms with van der Waals surface area (Å²) in [5.41, 5.74) is 4.64. The van der Waals surface area contributed by atoms with Crippen molar-refractivity contribution in [3.8, 4) is 11.1 Å². The van der Waals surface area contributed by atoms with Gasteiger partial charge in [-0.1, -0.05) is 48.0 Å². The number of nitrogens with one attached hydrogen (secondary N) is 2. The molecule has 6 nitrogen and oxygen atoms in total. The van der Waals surface area contributed by atoms with Crippen LogP contribution in [0.2, 0.25) is 5.02 Å². The van der Waals surface area contributed by atoms with Crippen LogP contribution in [0.3, 0.4) is 0 Å². The Morgan fingerprint density at radius 1 is 1.14 bits per heavy atom. The normalized spacial score (nSPS) is 10.8. The number of halogens is 2. The van der Waals surface area contributed by atoms with E-state index in [1.54, 1.807) is 16.8 Å². The largest absolute Gasteiger partial charge is 0.465 e. The Balaban J connectivity index is 1.60. The highest BCUT2D eigenvalue weighted by Crippen LogP contribution is 2.40. The van der Waals surface area contributed by atoms with Crippen molar-refractivity contribution < 1.29 is 13.9 Å². The number of methoxy groups -OCH3 is 1. The lowest BCUT2D eigenvalue weighted by atomic mass is 10.0. The SMILES string of the molecule is COC(=O)c1c(NC(=S)Nc2c(C)nn(Cc3c(F)cccc3Cl)c2C)sc(C)c1-c1ccccc1. The summed E-state index contributed by atoms with van der Waals surface area (Å²) in [5.74, 6) is -0.843. The second-order valence-corrected chi connectivity index (χ2v) is 10.1. The maximum Gasteiger partial charge on any atom is 0.341 e. The van der Waals surface area contributed by atoms with E-state index in [9.17, 15) is 9.18 Å². The molecule has 0 saturated heterocycles. The van der Waals surface area contributed by atoms with Crippen molar-refractivity contribution in [2.45, 2.75) is 27.3 Å². The fraction of sp³-hybridized carbons (Fsp3) is 0.192. The number of thiocarbonyl (C=S) groups is 1. The first-order valence-corrected chi connectivity index (χ1v) is 12.6. The quantitative estimate of drug-likeness (QED) is 0.202. The molecule has 36 heavy (non-hydrogen) atoms. The van der Waals surface area contributed by atoms with Gasteiger partial charge in [0.05, 0.1) is 30.7 Å². The monoisotopic (exact) mass is 542 g/mol. The van der Waals surface area contributed by atoms with Gasteiger partial charge in [-0.25, -0.2) is 9.18 Å². The number of hydrogen-bond donors (Lipinski definition) is 2. The average Bonchev–Trinajstić information content (AvgIpc) is 3.31. The molecule has 0 amide bonds. The van der Waals surface area contributed by atoms with E-state index in [1.165, 1.54) is 24.5 Å². The average molecular weight is 543 g/mol. The van der Waals surface area contributed by atoms with Gasteiger partial charge in [-0.15, -0.1) is 11.3 Å². The van der Waals surface area contributed by atoms with Gasteiger partial charge in [0, 0.05) is 21.0 Å². The Morgan fingerprint density at radius 2 is 1.86 bits per heavy atom. The number of carbonyl (C=O) groups is 1. The van der Waals surface area contributed by atoms with Crippen molar-refractivity contribution in [1.29, 1.82) is 0 Å². The van der Waals surface area contributed by atoms with Crippen molar-refractivity contribution in [2.75, 3.05) is 17.7 Å². The molecule has 0 aliphatic carbocycles. The molecule has 2 N–H and O–H groups in total. The van der Waals surface area contributed by atoms with Crippen molar-refractivity contribution in [1.82, 2.24) is 9.78 Å². The number of rotatable bonds is 6. The van der Waals surface area contributed by atoms with E-state index in [0.29, 0.717) is 32.5 Å². The second-order valence-electron chi connectivity index (χ2n) is 8.08. The van der Waals surface area contributed by atoms with E-state index in [1.807, 2.05) is 51.1 Å². The minimum absolute atomic E-state index is 0.178.